The van der Waals surface area contributed by atoms with Gasteiger partial charge in [0.15, 0.2) is 0 Å². The number of nitrogens with zero attached hydrogens (tertiary/aromatic N) is 1. The number of carboxylic acid groups (broad SMARTS) is 1. The summed E-state index contributed by atoms with van der Waals surface area (Å²) in [4.78, 5) is 9.85. The first kappa shape index (κ1) is 30.1. The summed E-state index contributed by atoms with van der Waals surface area (Å²) in [5.74, 6) is -0.812. The van der Waals surface area contributed by atoms with Crippen molar-refractivity contribution in [3.05, 3.63) is 82.7 Å². The van der Waals surface area contributed by atoms with Crippen LogP contribution in [0.2, 0.25) is 5.02 Å². The van der Waals surface area contributed by atoms with E-state index in [9.17, 15) is 29.3 Å². The summed E-state index contributed by atoms with van der Waals surface area (Å²) < 4.78 is 78.9. The number of aliphatic hydroxyl groups excluding tert-OH is 1. The number of hydrogen-bond acceptors (Lipinski definition) is 6. The Balaban J connectivity index is 1.75. The molecule has 0 amide bonds. The number of ether oxygens (including phenoxy) is 2. The number of hydrogen-bond donors (Lipinski definition) is 3. The summed E-state index contributed by atoms with van der Waals surface area (Å²) >= 11 is 6.02. The quantitative estimate of drug-likeness (QED) is 0.112. The lowest BCUT2D eigenvalue weighted by Crippen LogP contribution is -2.23. The maximum absolute atomic E-state index is 13.6. The van der Waals surface area contributed by atoms with Gasteiger partial charge in [-0.25, -0.2) is 0 Å². The van der Waals surface area contributed by atoms with Crippen molar-refractivity contribution in [3.8, 4) is 11.5 Å². The highest BCUT2D eigenvalue weighted by molar-refractivity contribution is 8.45. The summed E-state index contributed by atoms with van der Waals surface area (Å²) in [6.07, 6.45) is 0.371. The molecule has 0 bridgehead atoms. The zero-order valence-corrected chi connectivity index (χ0v) is 23.1. The zero-order valence-electron chi connectivity index (χ0n) is 21.6. The number of halogens is 6. The minimum absolute atomic E-state index is 0.0275. The van der Waals surface area contributed by atoms with Crippen molar-refractivity contribution in [2.75, 3.05) is 30.5 Å². The van der Waals surface area contributed by atoms with Crippen LogP contribution in [-0.4, -0.2) is 36.4 Å². The second-order valence-electron chi connectivity index (χ2n) is 9.23. The molecule has 0 aliphatic carbocycles. The topological polar surface area (TPSA) is 91.3 Å². The molecule has 0 unspecified atom stereocenters. The molecule has 0 spiro atoms. The van der Waals surface area contributed by atoms with Gasteiger partial charge < -0.3 is 29.9 Å². The Morgan fingerprint density at radius 2 is 1.68 bits per heavy atom. The molecule has 0 atom stereocenters. The standard InChI is InChI=1S/C27H26ClF5N2O5S/c1-39-21-13-20(14-22(15-21)40-12-2-3-25(36)37)34-26(18-4-7-19(28)8-5-18)27(38)35-11-10-17-6-9-23(16-24(17)35)41(29,30,31,32)33/h4-9,13-16,34,38H,2-3,10-12H2,1H3,(H,36,37)/b27-26+. The first-order valence-corrected chi connectivity index (χ1v) is 14.5. The van der Waals surface area contributed by atoms with E-state index in [1.54, 1.807) is 42.5 Å². The van der Waals surface area contributed by atoms with E-state index in [4.69, 9.17) is 26.2 Å². The van der Waals surface area contributed by atoms with Crippen LogP contribution in [0.25, 0.3) is 5.70 Å². The molecule has 1 heterocycles. The molecule has 0 aromatic heterocycles. The molecule has 222 valence electrons. The van der Waals surface area contributed by atoms with E-state index in [-0.39, 0.29) is 43.8 Å². The van der Waals surface area contributed by atoms with Crippen LogP contribution in [-0.2, 0) is 11.2 Å². The number of aliphatic carboxylic acids is 1. The maximum Gasteiger partial charge on any atom is 0.310 e. The van der Waals surface area contributed by atoms with Crippen LogP contribution in [0, 0.1) is 0 Å². The van der Waals surface area contributed by atoms with E-state index in [1.807, 2.05) is 0 Å². The summed E-state index contributed by atoms with van der Waals surface area (Å²) in [6.45, 7) is 0.128. The molecule has 1 aliphatic rings. The average molecular weight is 621 g/mol. The van der Waals surface area contributed by atoms with Crippen LogP contribution in [0.3, 0.4) is 0 Å². The van der Waals surface area contributed by atoms with Crippen LogP contribution in [0.1, 0.15) is 24.0 Å². The molecule has 7 nitrogen and oxygen atoms in total. The number of fused-ring (bicyclic) bond motifs is 1. The molecule has 3 N–H and O–H groups in total. The van der Waals surface area contributed by atoms with Gasteiger partial charge in [0.2, 0.25) is 5.88 Å². The highest BCUT2D eigenvalue weighted by Gasteiger charge is 2.65. The van der Waals surface area contributed by atoms with Crippen molar-refractivity contribution in [2.45, 2.75) is 24.2 Å². The number of carboxylic acids is 1. The Bertz CT molecular complexity index is 1500. The molecule has 41 heavy (non-hydrogen) atoms. The third kappa shape index (κ3) is 7.47. The summed E-state index contributed by atoms with van der Waals surface area (Å²) in [6, 6.07) is 12.6. The highest BCUT2D eigenvalue weighted by atomic mass is 35.5. The van der Waals surface area contributed by atoms with E-state index in [2.05, 4.69) is 5.32 Å². The molecule has 4 rings (SSSR count). The fourth-order valence-corrected chi connectivity index (χ4v) is 5.02. The van der Waals surface area contributed by atoms with Gasteiger partial charge in [0.25, 0.3) is 0 Å². The molecule has 1 aliphatic heterocycles. The van der Waals surface area contributed by atoms with E-state index in [1.165, 1.54) is 7.11 Å². The fourth-order valence-electron chi connectivity index (χ4n) is 4.23. The third-order valence-corrected chi connectivity index (χ3v) is 7.60. The number of nitrogens with one attached hydrogen (secondary N) is 1. The third-order valence-electron chi connectivity index (χ3n) is 6.20. The van der Waals surface area contributed by atoms with Crippen LogP contribution in [0.15, 0.2) is 71.4 Å². The molecule has 0 fully saturated rings. The number of methoxy groups -OCH3 is 1. The van der Waals surface area contributed by atoms with Crippen LogP contribution in [0.4, 0.5) is 30.8 Å². The average Bonchev–Trinajstić information content (AvgIpc) is 3.32. The first-order valence-electron chi connectivity index (χ1n) is 12.2. The minimum Gasteiger partial charge on any atom is -0.497 e. The number of benzene rings is 3. The summed E-state index contributed by atoms with van der Waals surface area (Å²) in [5, 5.41) is 23.7. The Morgan fingerprint density at radius 1 is 1.00 bits per heavy atom. The minimum atomic E-state index is -9.97. The second kappa shape index (κ2) is 10.5. The molecule has 3 aromatic carbocycles. The number of rotatable bonds is 11. The molecule has 14 heteroatoms. The van der Waals surface area contributed by atoms with Crippen molar-refractivity contribution in [3.63, 3.8) is 0 Å². The predicted molar refractivity (Wildman–Crippen MR) is 149 cm³/mol. The van der Waals surface area contributed by atoms with E-state index in [0.717, 1.165) is 11.0 Å². The van der Waals surface area contributed by atoms with Crippen LogP contribution < -0.4 is 19.7 Å². The second-order valence-corrected chi connectivity index (χ2v) is 12.1. The molecule has 0 saturated carbocycles. The van der Waals surface area contributed by atoms with E-state index >= 15 is 0 Å². The molecule has 3 aromatic rings. The molecular formula is C27H26ClF5N2O5S. The van der Waals surface area contributed by atoms with Gasteiger partial charge in [0, 0.05) is 53.1 Å². The lowest BCUT2D eigenvalue weighted by molar-refractivity contribution is -0.137. The van der Waals surface area contributed by atoms with Gasteiger partial charge in [0.05, 0.1) is 13.7 Å². The van der Waals surface area contributed by atoms with Crippen molar-refractivity contribution in [2.24, 2.45) is 0 Å². The number of aliphatic hydroxyl groups is 1. The summed E-state index contributed by atoms with van der Waals surface area (Å²) in [7, 11) is -8.56. The van der Waals surface area contributed by atoms with Crippen molar-refractivity contribution in [1.29, 1.82) is 0 Å². The maximum atomic E-state index is 13.6. The number of carbonyl (C=O) groups is 1. The normalized spacial score (nSPS) is 15.3. The molecule has 0 radical (unpaired) electrons. The Kier molecular flexibility index (Phi) is 7.74. The van der Waals surface area contributed by atoms with Gasteiger partial charge in [-0.15, -0.1) is 0 Å². The smallest absolute Gasteiger partial charge is 0.310 e. The Labute approximate surface area is 237 Å². The van der Waals surface area contributed by atoms with Crippen molar-refractivity contribution in [1.82, 2.24) is 0 Å². The number of anilines is 2. The first-order chi connectivity index (χ1) is 19.0. The largest absolute Gasteiger partial charge is 0.497 e. The molecule has 0 saturated heterocycles. The summed E-state index contributed by atoms with van der Waals surface area (Å²) in [5.41, 5.74) is 0.924. The Morgan fingerprint density at radius 3 is 2.32 bits per heavy atom. The monoisotopic (exact) mass is 620 g/mol. The van der Waals surface area contributed by atoms with Gasteiger partial charge >= 0.3 is 16.2 Å². The van der Waals surface area contributed by atoms with Gasteiger partial charge in [-0.2, -0.15) is 0 Å². The van der Waals surface area contributed by atoms with Gasteiger partial charge in [-0.1, -0.05) is 49.2 Å². The lowest BCUT2D eigenvalue weighted by Gasteiger charge is -2.40. The fraction of sp³-hybridized carbons (Fsp3) is 0.222. The van der Waals surface area contributed by atoms with Crippen LogP contribution >= 0.6 is 21.8 Å². The van der Waals surface area contributed by atoms with E-state index in [0.29, 0.717) is 45.5 Å². The molecular weight excluding hydrogens is 595 g/mol. The zero-order chi connectivity index (χ0) is 30.1. The predicted octanol–water partition coefficient (Wildman–Crippen LogP) is 8.61. The van der Waals surface area contributed by atoms with Crippen LogP contribution in [0.5, 0.6) is 11.5 Å². The van der Waals surface area contributed by atoms with Gasteiger partial charge in [-0.05, 0) is 42.7 Å². The van der Waals surface area contributed by atoms with Gasteiger partial charge in [-0.3, -0.25) is 4.79 Å². The van der Waals surface area contributed by atoms with Crippen molar-refractivity contribution >= 4 is 44.9 Å². The van der Waals surface area contributed by atoms with Crippen molar-refractivity contribution < 1.29 is 43.9 Å². The van der Waals surface area contributed by atoms with E-state index < -0.39 is 27.0 Å². The SMILES string of the molecule is COc1cc(N/C(=C(/O)N2CCc3ccc(S(F)(F)(F)(F)F)cc32)c2ccc(Cl)cc2)cc(OCCCC(=O)O)c1. The highest BCUT2D eigenvalue weighted by Crippen LogP contribution is 3.02. The lowest BCUT2D eigenvalue weighted by atomic mass is 10.1. The Hall–Kier alpha value is -3.84. The van der Waals surface area contributed by atoms with Gasteiger partial charge in [0.1, 0.15) is 22.1 Å².